The van der Waals surface area contributed by atoms with E-state index in [1.54, 1.807) is 13.2 Å². The van der Waals surface area contributed by atoms with Crippen LogP contribution in [-0.4, -0.2) is 24.2 Å². The van der Waals surface area contributed by atoms with Gasteiger partial charge in [0.2, 0.25) is 5.88 Å². The van der Waals surface area contributed by atoms with E-state index in [4.69, 9.17) is 21.1 Å². The van der Waals surface area contributed by atoms with E-state index in [1.165, 1.54) is 7.11 Å². The van der Waals surface area contributed by atoms with Crippen molar-refractivity contribution in [3.63, 3.8) is 0 Å². The molecule has 0 bridgehead atoms. The average molecular weight is 189 g/mol. The molecule has 1 aromatic rings. The summed E-state index contributed by atoms with van der Waals surface area (Å²) in [6.07, 6.45) is 0. The summed E-state index contributed by atoms with van der Waals surface area (Å²) in [6.45, 7) is 0.330. The van der Waals surface area contributed by atoms with Crippen molar-refractivity contribution >= 4 is 11.6 Å². The maximum Gasteiger partial charge on any atom is 0.217 e. The molecule has 1 aromatic heterocycles. The smallest absolute Gasteiger partial charge is 0.217 e. The van der Waals surface area contributed by atoms with Gasteiger partial charge < -0.3 is 9.47 Å². The van der Waals surface area contributed by atoms with Crippen molar-refractivity contribution in [3.05, 3.63) is 17.0 Å². The van der Waals surface area contributed by atoms with Gasteiger partial charge in [0.05, 0.1) is 7.11 Å². The first kappa shape index (κ1) is 9.22. The van der Waals surface area contributed by atoms with Crippen LogP contribution in [-0.2, 0) is 11.3 Å². The van der Waals surface area contributed by atoms with E-state index >= 15 is 0 Å². The first-order valence-electron chi connectivity index (χ1n) is 3.32. The summed E-state index contributed by atoms with van der Waals surface area (Å²) in [4.78, 5) is 7.92. The number of aromatic nitrogens is 2. The molecule has 66 valence electrons. The van der Waals surface area contributed by atoms with E-state index < -0.39 is 0 Å². The van der Waals surface area contributed by atoms with E-state index in [2.05, 4.69) is 9.97 Å². The molecular formula is C7H9ClN2O2. The molecule has 0 spiro atoms. The minimum Gasteiger partial charge on any atom is -0.481 e. The zero-order valence-corrected chi connectivity index (χ0v) is 7.63. The second-order valence-electron chi connectivity index (χ2n) is 2.08. The molecule has 1 rings (SSSR count). The Labute approximate surface area is 75.5 Å². The maximum absolute atomic E-state index is 5.68. The summed E-state index contributed by atoms with van der Waals surface area (Å²) in [6, 6.07) is 1.54. The normalized spacial score (nSPS) is 9.92. The summed E-state index contributed by atoms with van der Waals surface area (Å²) < 4.78 is 9.73. The van der Waals surface area contributed by atoms with Crippen LogP contribution in [0.1, 0.15) is 5.82 Å². The molecule has 0 aliphatic rings. The zero-order valence-electron chi connectivity index (χ0n) is 6.87. The third-order valence-electron chi connectivity index (χ3n) is 1.20. The SMILES string of the molecule is COCc1nc(Cl)cc(OC)n1. The van der Waals surface area contributed by atoms with Crippen LogP contribution in [0.5, 0.6) is 5.88 Å². The molecule has 0 atom stereocenters. The molecule has 0 amide bonds. The first-order chi connectivity index (χ1) is 5.76. The van der Waals surface area contributed by atoms with E-state index in [1.807, 2.05) is 0 Å². The molecule has 0 aliphatic heterocycles. The molecule has 12 heavy (non-hydrogen) atoms. The molecule has 0 radical (unpaired) electrons. The number of methoxy groups -OCH3 is 2. The standard InChI is InChI=1S/C7H9ClN2O2/c1-11-4-6-9-5(8)3-7(10-6)12-2/h3H,4H2,1-2H3. The number of nitrogens with zero attached hydrogens (tertiary/aromatic N) is 2. The van der Waals surface area contributed by atoms with Gasteiger partial charge >= 0.3 is 0 Å². The third-order valence-corrected chi connectivity index (χ3v) is 1.39. The summed E-state index contributed by atoms with van der Waals surface area (Å²) in [5.74, 6) is 0.962. The van der Waals surface area contributed by atoms with Gasteiger partial charge in [-0.05, 0) is 0 Å². The topological polar surface area (TPSA) is 44.2 Å². The van der Waals surface area contributed by atoms with E-state index in [0.29, 0.717) is 23.5 Å². The highest BCUT2D eigenvalue weighted by Crippen LogP contribution is 2.13. The number of rotatable bonds is 3. The van der Waals surface area contributed by atoms with Gasteiger partial charge in [-0.2, -0.15) is 4.98 Å². The Kier molecular flexibility index (Phi) is 3.25. The molecule has 0 aliphatic carbocycles. The molecule has 0 fully saturated rings. The Bertz CT molecular complexity index is 268. The molecule has 0 aromatic carbocycles. The highest BCUT2D eigenvalue weighted by atomic mass is 35.5. The van der Waals surface area contributed by atoms with Crippen molar-refractivity contribution in [1.82, 2.24) is 9.97 Å². The van der Waals surface area contributed by atoms with E-state index in [9.17, 15) is 0 Å². The van der Waals surface area contributed by atoms with Crippen LogP contribution in [0.3, 0.4) is 0 Å². The van der Waals surface area contributed by atoms with Crippen molar-refractivity contribution < 1.29 is 9.47 Å². The third kappa shape index (κ3) is 2.32. The highest BCUT2D eigenvalue weighted by Gasteiger charge is 2.01. The minimum atomic E-state index is 0.330. The number of ether oxygens (including phenoxy) is 2. The highest BCUT2D eigenvalue weighted by molar-refractivity contribution is 6.29. The largest absolute Gasteiger partial charge is 0.481 e. The molecule has 5 heteroatoms. The van der Waals surface area contributed by atoms with Crippen LogP contribution in [0.25, 0.3) is 0 Å². The molecular weight excluding hydrogens is 180 g/mol. The molecule has 0 unspecified atom stereocenters. The Morgan fingerprint density at radius 3 is 2.75 bits per heavy atom. The lowest BCUT2D eigenvalue weighted by Crippen LogP contribution is -1.99. The second kappa shape index (κ2) is 4.23. The zero-order chi connectivity index (χ0) is 8.97. The Hall–Kier alpha value is -0.870. The maximum atomic E-state index is 5.68. The minimum absolute atomic E-state index is 0.330. The average Bonchev–Trinajstić information content (AvgIpc) is 2.04. The van der Waals surface area contributed by atoms with E-state index in [-0.39, 0.29) is 0 Å². The fraction of sp³-hybridized carbons (Fsp3) is 0.429. The summed E-state index contributed by atoms with van der Waals surface area (Å²) in [5, 5.41) is 0.355. The fourth-order valence-corrected chi connectivity index (χ4v) is 0.931. The van der Waals surface area contributed by atoms with Gasteiger partial charge in [-0.25, -0.2) is 4.98 Å². The van der Waals surface area contributed by atoms with Crippen molar-refractivity contribution in [3.8, 4) is 5.88 Å². The van der Waals surface area contributed by atoms with E-state index in [0.717, 1.165) is 0 Å². The lowest BCUT2D eigenvalue weighted by molar-refractivity contribution is 0.177. The Balaban J connectivity index is 2.90. The molecule has 0 saturated carbocycles. The van der Waals surface area contributed by atoms with Crippen LogP contribution in [0, 0.1) is 0 Å². The van der Waals surface area contributed by atoms with Crippen molar-refractivity contribution in [2.24, 2.45) is 0 Å². The van der Waals surface area contributed by atoms with Gasteiger partial charge in [0.25, 0.3) is 0 Å². The van der Waals surface area contributed by atoms with Gasteiger partial charge in [-0.15, -0.1) is 0 Å². The molecule has 4 nitrogen and oxygen atoms in total. The summed E-state index contributed by atoms with van der Waals surface area (Å²) in [5.41, 5.74) is 0. The molecule has 0 saturated heterocycles. The fourth-order valence-electron chi connectivity index (χ4n) is 0.740. The monoisotopic (exact) mass is 188 g/mol. The quantitative estimate of drug-likeness (QED) is 0.671. The summed E-state index contributed by atoms with van der Waals surface area (Å²) >= 11 is 5.68. The van der Waals surface area contributed by atoms with Gasteiger partial charge in [0.1, 0.15) is 11.8 Å². The predicted molar refractivity (Wildman–Crippen MR) is 44.3 cm³/mol. The van der Waals surface area contributed by atoms with Crippen LogP contribution in [0.4, 0.5) is 0 Å². The summed E-state index contributed by atoms with van der Waals surface area (Å²) in [7, 11) is 3.09. The van der Waals surface area contributed by atoms with Crippen molar-refractivity contribution in [2.75, 3.05) is 14.2 Å². The van der Waals surface area contributed by atoms with Crippen molar-refractivity contribution in [2.45, 2.75) is 6.61 Å². The van der Waals surface area contributed by atoms with Gasteiger partial charge in [-0.1, -0.05) is 11.6 Å². The van der Waals surface area contributed by atoms with Crippen LogP contribution in [0.15, 0.2) is 6.07 Å². The van der Waals surface area contributed by atoms with Gasteiger partial charge in [0, 0.05) is 13.2 Å². The second-order valence-corrected chi connectivity index (χ2v) is 2.47. The Morgan fingerprint density at radius 1 is 1.42 bits per heavy atom. The molecule has 0 N–H and O–H groups in total. The van der Waals surface area contributed by atoms with Crippen LogP contribution < -0.4 is 4.74 Å². The lowest BCUT2D eigenvalue weighted by Gasteiger charge is -2.02. The Morgan fingerprint density at radius 2 is 2.17 bits per heavy atom. The lowest BCUT2D eigenvalue weighted by atomic mass is 10.5. The number of hydrogen-bond acceptors (Lipinski definition) is 4. The van der Waals surface area contributed by atoms with Crippen LogP contribution in [0.2, 0.25) is 5.15 Å². The van der Waals surface area contributed by atoms with Gasteiger partial charge in [0.15, 0.2) is 5.82 Å². The molecule has 1 heterocycles. The number of halogens is 1. The van der Waals surface area contributed by atoms with Crippen LogP contribution >= 0.6 is 11.6 Å². The van der Waals surface area contributed by atoms with Crippen molar-refractivity contribution in [1.29, 1.82) is 0 Å². The first-order valence-corrected chi connectivity index (χ1v) is 3.70. The number of hydrogen-bond donors (Lipinski definition) is 0. The predicted octanol–water partition coefficient (Wildman–Crippen LogP) is 1.28. The van der Waals surface area contributed by atoms with Gasteiger partial charge in [-0.3, -0.25) is 0 Å².